The molecule has 8 nitrogen and oxygen atoms in total. The maximum absolute atomic E-state index is 11.7. The van der Waals surface area contributed by atoms with Gasteiger partial charge in [0.15, 0.2) is 5.71 Å². The van der Waals surface area contributed by atoms with E-state index in [1.165, 1.54) is 6.07 Å². The number of nitrogens with two attached hydrogens (primary N) is 1. The molecular formula is C11H13ClN4O4S. The van der Waals surface area contributed by atoms with E-state index in [0.717, 1.165) is 0 Å². The Labute approximate surface area is 127 Å². The second kappa shape index (κ2) is 4.95. The summed E-state index contributed by atoms with van der Waals surface area (Å²) in [7, 11) is -2.09. The van der Waals surface area contributed by atoms with Gasteiger partial charge < -0.3 is 10.5 Å². The molecule has 0 saturated carbocycles. The summed E-state index contributed by atoms with van der Waals surface area (Å²) in [6.07, 6.45) is 0. The third kappa shape index (κ3) is 2.27. The Morgan fingerprint density at radius 2 is 2.00 bits per heavy atom. The summed E-state index contributed by atoms with van der Waals surface area (Å²) in [5.41, 5.74) is 1.82. The van der Waals surface area contributed by atoms with Crippen molar-refractivity contribution < 1.29 is 18.4 Å². The molecule has 0 saturated heterocycles. The Balaban J connectivity index is 0.00000161. The number of rotatable bonds is 1. The second-order valence-electron chi connectivity index (χ2n) is 4.87. The molecular weight excluding hydrogens is 320 g/mol. The number of amides is 1. The molecule has 0 spiro atoms. The number of hydrogen-bond acceptors (Lipinski definition) is 6. The number of primary sulfonamides is 1. The van der Waals surface area contributed by atoms with Crippen molar-refractivity contribution in [3.63, 3.8) is 0 Å². The lowest BCUT2D eigenvalue weighted by molar-refractivity contribution is -0.110. The molecule has 2 aliphatic rings. The maximum atomic E-state index is 11.7. The largest absolute Gasteiger partial charge is 0.410 e. The SMILES string of the molecule is CN1Cc2c(S(N)(=O)=O)cc3c(c2C1)NC(=O)/C3=N\O.Cl. The van der Waals surface area contributed by atoms with E-state index in [1.807, 2.05) is 11.9 Å². The van der Waals surface area contributed by atoms with Crippen LogP contribution in [0.3, 0.4) is 0 Å². The number of nitrogens with one attached hydrogen (secondary N) is 1. The summed E-state index contributed by atoms with van der Waals surface area (Å²) in [5.74, 6) is -0.564. The fourth-order valence-corrected chi connectivity index (χ4v) is 3.49. The van der Waals surface area contributed by atoms with Gasteiger partial charge in [0.1, 0.15) is 0 Å². The Morgan fingerprint density at radius 3 is 2.57 bits per heavy atom. The highest BCUT2D eigenvalue weighted by Crippen LogP contribution is 2.38. The molecule has 1 aromatic rings. The molecule has 2 heterocycles. The first kappa shape index (κ1) is 15.7. The van der Waals surface area contributed by atoms with Crippen molar-refractivity contribution in [2.24, 2.45) is 10.3 Å². The fraction of sp³-hybridized carbons (Fsp3) is 0.273. The molecule has 0 fully saturated rings. The van der Waals surface area contributed by atoms with Crippen LogP contribution in [0.1, 0.15) is 16.7 Å². The highest BCUT2D eigenvalue weighted by Gasteiger charge is 2.36. The van der Waals surface area contributed by atoms with Crippen LogP contribution >= 0.6 is 12.4 Å². The smallest absolute Gasteiger partial charge is 0.278 e. The van der Waals surface area contributed by atoms with Crippen molar-refractivity contribution in [3.8, 4) is 0 Å². The zero-order valence-corrected chi connectivity index (χ0v) is 12.6. The van der Waals surface area contributed by atoms with Crippen LogP contribution in [0.5, 0.6) is 0 Å². The molecule has 21 heavy (non-hydrogen) atoms. The van der Waals surface area contributed by atoms with E-state index in [9.17, 15) is 13.2 Å². The first-order chi connectivity index (χ1) is 9.32. The minimum Gasteiger partial charge on any atom is -0.410 e. The predicted molar refractivity (Wildman–Crippen MR) is 77.2 cm³/mol. The van der Waals surface area contributed by atoms with Crippen molar-refractivity contribution >= 4 is 39.7 Å². The quantitative estimate of drug-likeness (QED) is 0.486. The fourth-order valence-electron chi connectivity index (χ4n) is 2.67. The van der Waals surface area contributed by atoms with Crippen LogP contribution in [0.15, 0.2) is 16.1 Å². The normalized spacial score (nSPS) is 19.1. The summed E-state index contributed by atoms with van der Waals surface area (Å²) < 4.78 is 23.5. The Kier molecular flexibility index (Phi) is 3.70. The van der Waals surface area contributed by atoms with Crippen molar-refractivity contribution in [2.75, 3.05) is 12.4 Å². The van der Waals surface area contributed by atoms with E-state index in [-0.39, 0.29) is 28.6 Å². The standard InChI is InChI=1S/C11H12N4O4S.ClH/c1-15-3-6-7(4-15)9-5(2-8(6)20(12,18)19)10(14-17)11(16)13-9;/h2,17H,3-4H2,1H3,(H2,12,18,19)(H,13,14,16);1H. The summed E-state index contributed by atoms with van der Waals surface area (Å²) in [6, 6.07) is 1.29. The number of anilines is 1. The van der Waals surface area contributed by atoms with Gasteiger partial charge in [-0.05, 0) is 24.2 Å². The van der Waals surface area contributed by atoms with Crippen LogP contribution in [0, 0.1) is 0 Å². The summed E-state index contributed by atoms with van der Waals surface area (Å²) >= 11 is 0. The maximum Gasteiger partial charge on any atom is 0.278 e. The molecule has 3 rings (SSSR count). The van der Waals surface area contributed by atoms with Gasteiger partial charge in [0.25, 0.3) is 5.91 Å². The van der Waals surface area contributed by atoms with Crippen LogP contribution < -0.4 is 10.5 Å². The van der Waals surface area contributed by atoms with E-state index in [2.05, 4.69) is 10.5 Å². The van der Waals surface area contributed by atoms with Crippen molar-refractivity contribution in [2.45, 2.75) is 18.0 Å². The minimum atomic E-state index is -3.92. The Bertz CT molecular complexity index is 775. The topological polar surface area (TPSA) is 125 Å². The third-order valence-electron chi connectivity index (χ3n) is 3.48. The highest BCUT2D eigenvalue weighted by molar-refractivity contribution is 7.89. The molecule has 0 aromatic heterocycles. The number of carbonyl (C=O) groups excluding carboxylic acids is 1. The van der Waals surface area contributed by atoms with Crippen LogP contribution in [0.2, 0.25) is 0 Å². The van der Waals surface area contributed by atoms with Gasteiger partial charge in [-0.3, -0.25) is 9.69 Å². The Hall–Kier alpha value is -1.68. The van der Waals surface area contributed by atoms with Crippen molar-refractivity contribution in [1.82, 2.24) is 4.90 Å². The molecule has 4 N–H and O–H groups in total. The summed E-state index contributed by atoms with van der Waals surface area (Å²) in [4.78, 5) is 13.6. The second-order valence-corrected chi connectivity index (χ2v) is 6.40. The first-order valence-corrected chi connectivity index (χ1v) is 7.31. The number of hydrogen-bond donors (Lipinski definition) is 3. The monoisotopic (exact) mass is 332 g/mol. The molecule has 114 valence electrons. The van der Waals surface area contributed by atoms with Gasteiger partial charge in [-0.1, -0.05) is 5.16 Å². The third-order valence-corrected chi connectivity index (χ3v) is 4.46. The van der Waals surface area contributed by atoms with E-state index >= 15 is 0 Å². The molecule has 0 unspecified atom stereocenters. The Morgan fingerprint density at radius 1 is 1.38 bits per heavy atom. The number of fused-ring (bicyclic) bond motifs is 3. The van der Waals surface area contributed by atoms with Crippen LogP contribution in [-0.4, -0.2) is 37.2 Å². The zero-order valence-electron chi connectivity index (χ0n) is 11.0. The van der Waals surface area contributed by atoms with Gasteiger partial charge in [0, 0.05) is 18.7 Å². The average Bonchev–Trinajstić information content (AvgIpc) is 2.85. The van der Waals surface area contributed by atoms with Gasteiger partial charge in [0.2, 0.25) is 10.0 Å². The van der Waals surface area contributed by atoms with Gasteiger partial charge in [-0.25, -0.2) is 13.6 Å². The lowest BCUT2D eigenvalue weighted by atomic mass is 10.0. The predicted octanol–water partition coefficient (Wildman–Crippen LogP) is -0.168. The number of halogens is 1. The molecule has 10 heteroatoms. The highest BCUT2D eigenvalue weighted by atomic mass is 35.5. The number of sulfonamides is 1. The number of oxime groups is 1. The minimum absolute atomic E-state index is 0. The molecule has 0 atom stereocenters. The molecule has 0 radical (unpaired) electrons. The average molecular weight is 333 g/mol. The number of nitrogens with zero attached hydrogens (tertiary/aromatic N) is 2. The first-order valence-electron chi connectivity index (χ1n) is 5.77. The van der Waals surface area contributed by atoms with E-state index in [0.29, 0.717) is 29.9 Å². The van der Waals surface area contributed by atoms with Crippen LogP contribution in [0.25, 0.3) is 0 Å². The molecule has 0 aliphatic carbocycles. The molecule has 2 aliphatic heterocycles. The summed E-state index contributed by atoms with van der Waals surface area (Å²) in [6.45, 7) is 0.913. The molecule has 0 bridgehead atoms. The van der Waals surface area contributed by atoms with Crippen LogP contribution in [-0.2, 0) is 27.9 Å². The molecule has 1 amide bonds. The van der Waals surface area contributed by atoms with E-state index in [1.54, 1.807) is 0 Å². The van der Waals surface area contributed by atoms with Gasteiger partial charge in [0.05, 0.1) is 10.6 Å². The van der Waals surface area contributed by atoms with Gasteiger partial charge >= 0.3 is 0 Å². The lowest BCUT2D eigenvalue weighted by Gasteiger charge is -2.10. The van der Waals surface area contributed by atoms with Crippen molar-refractivity contribution in [3.05, 3.63) is 22.8 Å². The van der Waals surface area contributed by atoms with Gasteiger partial charge in [-0.15, -0.1) is 12.4 Å². The van der Waals surface area contributed by atoms with Gasteiger partial charge in [-0.2, -0.15) is 0 Å². The number of carbonyl (C=O) groups is 1. The zero-order chi connectivity index (χ0) is 14.7. The van der Waals surface area contributed by atoms with Crippen molar-refractivity contribution in [1.29, 1.82) is 0 Å². The summed E-state index contributed by atoms with van der Waals surface area (Å²) in [5, 5.41) is 19.7. The number of benzene rings is 1. The van der Waals surface area contributed by atoms with E-state index in [4.69, 9.17) is 10.3 Å². The molecule has 1 aromatic carbocycles. The van der Waals surface area contributed by atoms with E-state index < -0.39 is 15.9 Å². The lowest BCUT2D eigenvalue weighted by Crippen LogP contribution is -2.17. The van der Waals surface area contributed by atoms with Crippen LogP contribution in [0.4, 0.5) is 5.69 Å².